The maximum Gasteiger partial charge on any atom is 0.339 e. The molecule has 1 amide bonds. The quantitative estimate of drug-likeness (QED) is 0.719. The van der Waals surface area contributed by atoms with E-state index < -0.39 is 18.0 Å². The number of esters is 1. The highest BCUT2D eigenvalue weighted by molar-refractivity contribution is 6.32. The molecule has 0 heterocycles. The van der Waals surface area contributed by atoms with Crippen molar-refractivity contribution in [1.82, 2.24) is 0 Å². The summed E-state index contributed by atoms with van der Waals surface area (Å²) >= 11 is 6.10. The second-order valence-electron chi connectivity index (χ2n) is 5.78. The fraction of sp³-hybridized carbons (Fsp3) is 0.300. The van der Waals surface area contributed by atoms with Crippen LogP contribution in [-0.4, -0.2) is 32.2 Å². The molecule has 1 N–H and O–H groups in total. The molecule has 0 bridgehead atoms. The van der Waals surface area contributed by atoms with E-state index in [1.807, 2.05) is 12.1 Å². The van der Waals surface area contributed by atoms with Crippen LogP contribution in [0, 0.1) is 0 Å². The minimum absolute atomic E-state index is 0.157. The normalized spacial score (nSPS) is 11.4. The Balaban J connectivity index is 2.05. The summed E-state index contributed by atoms with van der Waals surface area (Å²) in [5.74, 6) is -0.511. The van der Waals surface area contributed by atoms with Crippen molar-refractivity contribution in [3.05, 3.63) is 52.5 Å². The SMILES string of the molecule is CCc1ccc(NC(=O)[C@@H](C)OC(=O)c2cc(Cl)c(OC)c(OC)c2)cc1. The van der Waals surface area contributed by atoms with Crippen LogP contribution < -0.4 is 14.8 Å². The Bertz CT molecular complexity index is 820. The molecule has 0 saturated carbocycles. The first-order valence-electron chi connectivity index (χ1n) is 8.41. The number of halogens is 1. The van der Waals surface area contributed by atoms with E-state index in [-0.39, 0.29) is 10.6 Å². The first kappa shape index (κ1) is 20.6. The van der Waals surface area contributed by atoms with Crippen LogP contribution in [0.5, 0.6) is 11.5 Å². The molecule has 0 aliphatic heterocycles. The van der Waals surface area contributed by atoms with E-state index in [4.69, 9.17) is 25.8 Å². The third kappa shape index (κ3) is 5.14. The van der Waals surface area contributed by atoms with Crippen molar-refractivity contribution in [3.8, 4) is 11.5 Å². The van der Waals surface area contributed by atoms with Gasteiger partial charge < -0.3 is 19.5 Å². The van der Waals surface area contributed by atoms with Crippen LogP contribution in [-0.2, 0) is 16.0 Å². The largest absolute Gasteiger partial charge is 0.493 e. The van der Waals surface area contributed by atoms with Crippen molar-refractivity contribution < 1.29 is 23.8 Å². The molecule has 0 aliphatic rings. The van der Waals surface area contributed by atoms with Gasteiger partial charge in [0.15, 0.2) is 17.6 Å². The first-order chi connectivity index (χ1) is 12.9. The molecule has 0 aliphatic carbocycles. The van der Waals surface area contributed by atoms with Gasteiger partial charge in [-0.05, 0) is 43.2 Å². The molecule has 6 nitrogen and oxygen atoms in total. The van der Waals surface area contributed by atoms with Crippen molar-refractivity contribution in [3.63, 3.8) is 0 Å². The van der Waals surface area contributed by atoms with Crippen molar-refractivity contribution in [2.45, 2.75) is 26.4 Å². The van der Waals surface area contributed by atoms with Crippen LogP contribution in [0.1, 0.15) is 29.8 Å². The summed E-state index contributed by atoms with van der Waals surface area (Å²) in [5.41, 5.74) is 1.96. The van der Waals surface area contributed by atoms with Crippen molar-refractivity contribution in [2.24, 2.45) is 0 Å². The summed E-state index contributed by atoms with van der Waals surface area (Å²) in [6.45, 7) is 3.55. The number of hydrogen-bond donors (Lipinski definition) is 1. The molecule has 0 saturated heterocycles. The number of methoxy groups -OCH3 is 2. The third-order valence-corrected chi connectivity index (χ3v) is 4.23. The van der Waals surface area contributed by atoms with Gasteiger partial charge in [-0.2, -0.15) is 0 Å². The molecule has 0 unspecified atom stereocenters. The van der Waals surface area contributed by atoms with Gasteiger partial charge in [-0.1, -0.05) is 30.7 Å². The highest BCUT2D eigenvalue weighted by Crippen LogP contribution is 2.36. The zero-order valence-corrected chi connectivity index (χ0v) is 16.4. The molecule has 7 heteroatoms. The molecule has 144 valence electrons. The van der Waals surface area contributed by atoms with Gasteiger partial charge in [0.05, 0.1) is 24.8 Å². The Kier molecular flexibility index (Phi) is 7.07. The van der Waals surface area contributed by atoms with E-state index in [0.717, 1.165) is 12.0 Å². The van der Waals surface area contributed by atoms with Gasteiger partial charge in [0.2, 0.25) is 0 Å². The number of nitrogens with one attached hydrogen (secondary N) is 1. The molecule has 0 radical (unpaired) electrons. The van der Waals surface area contributed by atoms with E-state index in [0.29, 0.717) is 17.2 Å². The van der Waals surface area contributed by atoms with E-state index in [2.05, 4.69) is 12.2 Å². The van der Waals surface area contributed by atoms with Gasteiger partial charge in [-0.25, -0.2) is 4.79 Å². The Labute approximate surface area is 163 Å². The molecule has 0 aromatic heterocycles. The third-order valence-electron chi connectivity index (χ3n) is 3.95. The zero-order valence-electron chi connectivity index (χ0n) is 15.7. The molecule has 0 fully saturated rings. The van der Waals surface area contributed by atoms with Gasteiger partial charge in [-0.15, -0.1) is 0 Å². The number of carbonyl (C=O) groups excluding carboxylic acids is 2. The second kappa shape index (κ2) is 9.28. The van der Waals surface area contributed by atoms with Crippen LogP contribution in [0.15, 0.2) is 36.4 Å². The molecular weight excluding hydrogens is 370 g/mol. The fourth-order valence-electron chi connectivity index (χ4n) is 2.39. The number of benzene rings is 2. The van der Waals surface area contributed by atoms with Gasteiger partial charge >= 0.3 is 5.97 Å². The van der Waals surface area contributed by atoms with E-state index in [9.17, 15) is 9.59 Å². The number of ether oxygens (including phenoxy) is 3. The highest BCUT2D eigenvalue weighted by atomic mass is 35.5. The summed E-state index contributed by atoms with van der Waals surface area (Å²) < 4.78 is 15.5. The second-order valence-corrected chi connectivity index (χ2v) is 6.19. The summed E-state index contributed by atoms with van der Waals surface area (Å²) in [5, 5.41) is 2.92. The lowest BCUT2D eigenvalue weighted by molar-refractivity contribution is -0.123. The topological polar surface area (TPSA) is 73.9 Å². The maximum atomic E-state index is 12.4. The summed E-state index contributed by atoms with van der Waals surface area (Å²) in [6, 6.07) is 10.3. The van der Waals surface area contributed by atoms with Gasteiger partial charge in [-0.3, -0.25) is 4.79 Å². The number of carbonyl (C=O) groups is 2. The number of rotatable bonds is 7. The average molecular weight is 392 g/mol. The number of aryl methyl sites for hydroxylation is 1. The fourth-order valence-corrected chi connectivity index (χ4v) is 2.67. The van der Waals surface area contributed by atoms with Gasteiger partial charge in [0.1, 0.15) is 0 Å². The van der Waals surface area contributed by atoms with E-state index in [1.165, 1.54) is 33.3 Å². The lowest BCUT2D eigenvalue weighted by atomic mass is 10.1. The van der Waals surface area contributed by atoms with Crippen LogP contribution >= 0.6 is 11.6 Å². The molecule has 2 aromatic rings. The zero-order chi connectivity index (χ0) is 20.0. The Hall–Kier alpha value is -2.73. The lowest BCUT2D eigenvalue weighted by Gasteiger charge is -2.15. The van der Waals surface area contributed by atoms with Gasteiger partial charge in [0, 0.05) is 5.69 Å². The minimum Gasteiger partial charge on any atom is -0.493 e. The summed E-state index contributed by atoms with van der Waals surface area (Å²) in [6.07, 6.45) is -0.0777. The first-order valence-corrected chi connectivity index (χ1v) is 8.79. The lowest BCUT2D eigenvalue weighted by Crippen LogP contribution is -2.30. The van der Waals surface area contributed by atoms with Crippen LogP contribution in [0.2, 0.25) is 5.02 Å². The molecule has 0 spiro atoms. The van der Waals surface area contributed by atoms with Crippen LogP contribution in [0.3, 0.4) is 0 Å². The molecular formula is C20H22ClNO5. The molecule has 27 heavy (non-hydrogen) atoms. The number of anilines is 1. The monoisotopic (exact) mass is 391 g/mol. The van der Waals surface area contributed by atoms with Gasteiger partial charge in [0.25, 0.3) is 5.91 Å². The molecule has 2 rings (SSSR count). The summed E-state index contributed by atoms with van der Waals surface area (Å²) in [7, 11) is 2.88. The predicted molar refractivity (Wildman–Crippen MR) is 104 cm³/mol. The Morgan fingerprint density at radius 3 is 2.33 bits per heavy atom. The molecule has 1 atom stereocenters. The average Bonchev–Trinajstić information content (AvgIpc) is 2.67. The van der Waals surface area contributed by atoms with Crippen molar-refractivity contribution in [1.29, 1.82) is 0 Å². The van der Waals surface area contributed by atoms with Crippen LogP contribution in [0.25, 0.3) is 0 Å². The number of hydrogen-bond acceptors (Lipinski definition) is 5. The van der Waals surface area contributed by atoms with Crippen molar-refractivity contribution in [2.75, 3.05) is 19.5 Å². The number of amides is 1. The standard InChI is InChI=1S/C20H22ClNO5/c1-5-13-6-8-15(9-7-13)22-19(23)12(2)27-20(24)14-10-16(21)18(26-4)17(11-14)25-3/h6-12H,5H2,1-4H3,(H,22,23)/t12-/m1/s1. The molecule has 2 aromatic carbocycles. The Morgan fingerprint density at radius 1 is 1.11 bits per heavy atom. The minimum atomic E-state index is -0.991. The van der Waals surface area contributed by atoms with Crippen molar-refractivity contribution >= 4 is 29.2 Å². The smallest absolute Gasteiger partial charge is 0.339 e. The van der Waals surface area contributed by atoms with E-state index in [1.54, 1.807) is 12.1 Å². The summed E-state index contributed by atoms with van der Waals surface area (Å²) in [4.78, 5) is 24.6. The van der Waals surface area contributed by atoms with E-state index >= 15 is 0 Å². The Morgan fingerprint density at radius 2 is 1.78 bits per heavy atom. The highest BCUT2D eigenvalue weighted by Gasteiger charge is 2.21. The van der Waals surface area contributed by atoms with Crippen LogP contribution in [0.4, 0.5) is 5.69 Å². The predicted octanol–water partition coefficient (Wildman–Crippen LogP) is 4.10. The maximum absolute atomic E-state index is 12.4.